The first-order valence-electron chi connectivity index (χ1n) is 11.4. The average Bonchev–Trinajstić information content (AvgIpc) is 3.24. The number of hydrogen-bond donors (Lipinski definition) is 1. The first kappa shape index (κ1) is 22.8. The molecule has 0 radical (unpaired) electrons. The molecule has 0 unspecified atom stereocenters. The van der Waals surface area contributed by atoms with E-state index in [2.05, 4.69) is 27.2 Å². The topological polar surface area (TPSA) is 97.9 Å². The highest BCUT2D eigenvalue weighted by Gasteiger charge is 2.39. The molecule has 1 aliphatic heterocycles. The molecule has 1 saturated heterocycles. The van der Waals surface area contributed by atoms with Gasteiger partial charge >= 0.3 is 6.16 Å². The summed E-state index contributed by atoms with van der Waals surface area (Å²) in [6.07, 6.45) is 1.94. The van der Waals surface area contributed by atoms with Crippen LogP contribution in [0.25, 0.3) is 11.4 Å². The summed E-state index contributed by atoms with van der Waals surface area (Å²) >= 11 is 6.04. The van der Waals surface area contributed by atoms with E-state index in [1.807, 2.05) is 36.4 Å². The second-order valence-corrected chi connectivity index (χ2v) is 9.48. The third-order valence-corrected chi connectivity index (χ3v) is 6.90. The molecule has 1 saturated carbocycles. The van der Waals surface area contributed by atoms with Crippen LogP contribution in [0.1, 0.15) is 36.3 Å². The van der Waals surface area contributed by atoms with Crippen LogP contribution in [0.2, 0.25) is 5.02 Å². The van der Waals surface area contributed by atoms with E-state index in [4.69, 9.17) is 30.7 Å². The van der Waals surface area contributed by atoms with Gasteiger partial charge in [0.05, 0.1) is 6.61 Å². The monoisotopic (exact) mass is 483 g/mol. The zero-order chi connectivity index (χ0) is 23.5. The molecule has 34 heavy (non-hydrogen) atoms. The van der Waals surface area contributed by atoms with Gasteiger partial charge in [-0.05, 0) is 36.1 Å². The number of likely N-dealkylation sites (tertiary alicyclic amines) is 1. The standard InChI is InChI=1S/C25H26ClN3O5/c26-20-8-6-19(7-9-20)25(10-1-11-25)16-32-15-22-27-23(28-34-22)18-4-2-17(3-5-18)12-29-13-21(14-29)33-24(30)31/h2-9,21H,1,10-16H2,(H,30,31). The molecule has 1 aliphatic carbocycles. The molecule has 1 aromatic heterocycles. The second-order valence-electron chi connectivity index (χ2n) is 9.04. The quantitative estimate of drug-likeness (QED) is 0.429. The van der Waals surface area contributed by atoms with Crippen molar-refractivity contribution >= 4 is 17.8 Å². The zero-order valence-corrected chi connectivity index (χ0v) is 19.4. The number of carbonyl (C=O) groups is 1. The van der Waals surface area contributed by atoms with Crippen molar-refractivity contribution in [2.45, 2.75) is 43.9 Å². The summed E-state index contributed by atoms with van der Waals surface area (Å²) in [4.78, 5) is 17.2. The number of ether oxygens (including phenoxy) is 2. The molecule has 2 fully saturated rings. The van der Waals surface area contributed by atoms with Crippen LogP contribution in [0.3, 0.4) is 0 Å². The maximum absolute atomic E-state index is 10.6. The van der Waals surface area contributed by atoms with E-state index in [0.29, 0.717) is 31.4 Å². The van der Waals surface area contributed by atoms with Crippen molar-refractivity contribution in [2.24, 2.45) is 0 Å². The average molecular weight is 484 g/mol. The number of carboxylic acid groups (broad SMARTS) is 1. The van der Waals surface area contributed by atoms with Crippen molar-refractivity contribution in [2.75, 3.05) is 19.7 Å². The van der Waals surface area contributed by atoms with E-state index in [0.717, 1.165) is 35.5 Å². The zero-order valence-electron chi connectivity index (χ0n) is 18.7. The Morgan fingerprint density at radius 1 is 1.15 bits per heavy atom. The number of rotatable bonds is 9. The van der Waals surface area contributed by atoms with Crippen molar-refractivity contribution in [3.05, 3.63) is 70.6 Å². The van der Waals surface area contributed by atoms with Gasteiger partial charge in [0.2, 0.25) is 5.82 Å². The summed E-state index contributed by atoms with van der Waals surface area (Å²) in [5, 5.41) is 13.5. The molecule has 0 spiro atoms. The molecule has 1 N–H and O–H groups in total. The summed E-state index contributed by atoms with van der Waals surface area (Å²) in [6.45, 7) is 2.84. The molecular weight excluding hydrogens is 458 g/mol. The van der Waals surface area contributed by atoms with E-state index in [1.54, 1.807) is 0 Å². The third kappa shape index (κ3) is 5.09. The summed E-state index contributed by atoms with van der Waals surface area (Å²) in [6, 6.07) is 16.0. The minimum absolute atomic E-state index is 0.0412. The highest BCUT2D eigenvalue weighted by atomic mass is 35.5. The second kappa shape index (κ2) is 9.74. The van der Waals surface area contributed by atoms with Crippen LogP contribution in [0, 0.1) is 0 Å². The largest absolute Gasteiger partial charge is 0.506 e. The molecule has 0 amide bonds. The first-order chi connectivity index (χ1) is 16.5. The Hall–Kier alpha value is -2.94. The maximum Gasteiger partial charge on any atom is 0.506 e. The van der Waals surface area contributed by atoms with Gasteiger partial charge < -0.3 is 19.1 Å². The van der Waals surface area contributed by atoms with Crippen LogP contribution < -0.4 is 0 Å². The van der Waals surface area contributed by atoms with Gasteiger partial charge in [-0.1, -0.05) is 59.6 Å². The lowest BCUT2D eigenvalue weighted by molar-refractivity contribution is -0.0363. The van der Waals surface area contributed by atoms with Gasteiger partial charge in [-0.3, -0.25) is 4.90 Å². The number of halogens is 1. The molecule has 5 rings (SSSR count). The normalized spacial score (nSPS) is 17.7. The van der Waals surface area contributed by atoms with Gasteiger partial charge in [-0.15, -0.1) is 0 Å². The fraction of sp³-hybridized carbons (Fsp3) is 0.400. The van der Waals surface area contributed by atoms with Crippen LogP contribution in [0.4, 0.5) is 4.79 Å². The van der Waals surface area contributed by atoms with Crippen molar-refractivity contribution in [1.29, 1.82) is 0 Å². The molecule has 178 valence electrons. The van der Waals surface area contributed by atoms with Gasteiger partial charge in [-0.25, -0.2) is 4.79 Å². The summed E-state index contributed by atoms with van der Waals surface area (Å²) in [7, 11) is 0. The van der Waals surface area contributed by atoms with Gasteiger partial charge in [-0.2, -0.15) is 4.98 Å². The van der Waals surface area contributed by atoms with Crippen LogP contribution in [0.15, 0.2) is 53.1 Å². The Bertz CT molecular complexity index is 1120. The third-order valence-electron chi connectivity index (χ3n) is 6.65. The van der Waals surface area contributed by atoms with Crippen LogP contribution >= 0.6 is 11.6 Å². The molecule has 0 atom stereocenters. The Morgan fingerprint density at radius 2 is 1.88 bits per heavy atom. The minimum atomic E-state index is -1.22. The number of aromatic nitrogens is 2. The Kier molecular flexibility index (Phi) is 6.54. The Morgan fingerprint density at radius 3 is 2.53 bits per heavy atom. The fourth-order valence-electron chi connectivity index (χ4n) is 4.57. The minimum Gasteiger partial charge on any atom is -0.450 e. The van der Waals surface area contributed by atoms with E-state index in [-0.39, 0.29) is 18.1 Å². The Balaban J connectivity index is 1.12. The van der Waals surface area contributed by atoms with Crippen LogP contribution in [-0.2, 0) is 28.0 Å². The molecule has 2 aliphatic rings. The van der Waals surface area contributed by atoms with E-state index >= 15 is 0 Å². The van der Waals surface area contributed by atoms with E-state index < -0.39 is 6.16 Å². The molecule has 2 heterocycles. The van der Waals surface area contributed by atoms with Crippen molar-refractivity contribution in [3.63, 3.8) is 0 Å². The number of benzene rings is 2. The molecule has 0 bridgehead atoms. The molecule has 2 aromatic carbocycles. The SMILES string of the molecule is O=C(O)OC1CN(Cc2ccc(-c3noc(COCC4(c5ccc(Cl)cc5)CCC4)n3)cc2)C1. The lowest BCUT2D eigenvalue weighted by atomic mass is 9.65. The fourth-order valence-corrected chi connectivity index (χ4v) is 4.70. The highest BCUT2D eigenvalue weighted by Crippen LogP contribution is 2.44. The summed E-state index contributed by atoms with van der Waals surface area (Å²) in [5.74, 6) is 0.981. The molecule has 9 heteroatoms. The highest BCUT2D eigenvalue weighted by molar-refractivity contribution is 6.30. The predicted octanol–water partition coefficient (Wildman–Crippen LogP) is 4.91. The van der Waals surface area contributed by atoms with Crippen molar-refractivity contribution in [1.82, 2.24) is 15.0 Å². The van der Waals surface area contributed by atoms with Crippen molar-refractivity contribution < 1.29 is 23.9 Å². The van der Waals surface area contributed by atoms with Gasteiger partial charge in [0.25, 0.3) is 5.89 Å². The van der Waals surface area contributed by atoms with Crippen LogP contribution in [-0.4, -0.2) is 52.1 Å². The predicted molar refractivity (Wildman–Crippen MR) is 125 cm³/mol. The van der Waals surface area contributed by atoms with Crippen molar-refractivity contribution in [3.8, 4) is 11.4 Å². The lowest BCUT2D eigenvalue weighted by Gasteiger charge is -2.42. The van der Waals surface area contributed by atoms with E-state index in [9.17, 15) is 4.79 Å². The molecular formula is C25H26ClN3O5. The summed E-state index contributed by atoms with van der Waals surface area (Å²) < 4.78 is 16.1. The van der Waals surface area contributed by atoms with Gasteiger partial charge in [0, 0.05) is 35.6 Å². The Labute approximate surface area is 202 Å². The first-order valence-corrected chi connectivity index (χ1v) is 11.7. The van der Waals surface area contributed by atoms with Gasteiger partial charge in [0.15, 0.2) is 0 Å². The molecule has 8 nitrogen and oxygen atoms in total. The van der Waals surface area contributed by atoms with Crippen LogP contribution in [0.5, 0.6) is 0 Å². The lowest BCUT2D eigenvalue weighted by Crippen LogP contribution is -2.52. The number of nitrogens with zero attached hydrogens (tertiary/aromatic N) is 3. The smallest absolute Gasteiger partial charge is 0.450 e. The maximum atomic E-state index is 10.6. The summed E-state index contributed by atoms with van der Waals surface area (Å²) in [5.41, 5.74) is 3.29. The number of hydrogen-bond acceptors (Lipinski definition) is 7. The molecule has 3 aromatic rings. The van der Waals surface area contributed by atoms with Gasteiger partial charge in [0.1, 0.15) is 12.7 Å². The van der Waals surface area contributed by atoms with E-state index in [1.165, 1.54) is 12.0 Å².